The Hall–Kier alpha value is -4.56. The zero-order valence-corrected chi connectivity index (χ0v) is 31.7. The van der Waals surface area contributed by atoms with Crippen LogP contribution >= 0.6 is 0 Å². The Morgan fingerprint density at radius 2 is 1.65 bits per heavy atom. The summed E-state index contributed by atoms with van der Waals surface area (Å²) in [7, 11) is 0. The summed E-state index contributed by atoms with van der Waals surface area (Å²) in [6.07, 6.45) is 6.54. The van der Waals surface area contributed by atoms with Crippen LogP contribution in [0.3, 0.4) is 0 Å². The van der Waals surface area contributed by atoms with Crippen LogP contribution in [-0.2, 0) is 46.2 Å². The number of hydrogen-bond acceptors (Lipinski definition) is 11. The van der Waals surface area contributed by atoms with E-state index >= 15 is 0 Å². The van der Waals surface area contributed by atoms with Gasteiger partial charge in [0.2, 0.25) is 12.7 Å². The molecule has 2 aromatic rings. The van der Waals surface area contributed by atoms with Crippen LogP contribution in [0.1, 0.15) is 95.1 Å². The van der Waals surface area contributed by atoms with Crippen molar-refractivity contribution in [1.29, 1.82) is 0 Å². The molecule has 3 heterocycles. The van der Waals surface area contributed by atoms with Crippen LogP contribution < -0.4 is 25.4 Å². The van der Waals surface area contributed by atoms with Crippen molar-refractivity contribution >= 4 is 24.1 Å². The third kappa shape index (κ3) is 12.2. The SMILES string of the molecule is CCOC(=O)[C@H](Cc1ccccc1)NC(=O)CCC1CC(OC(=O)NCc2ccc3c(c2)OCO3)CC2(CCCC(COC(=O)NCC3CCCCC3)O2)O1. The van der Waals surface area contributed by atoms with Crippen molar-refractivity contribution in [2.45, 2.75) is 127 Å². The van der Waals surface area contributed by atoms with Gasteiger partial charge in [-0.05, 0) is 68.2 Å². The zero-order chi connectivity index (χ0) is 38.5. The van der Waals surface area contributed by atoms with E-state index in [2.05, 4.69) is 16.0 Å². The molecule has 14 heteroatoms. The third-order valence-corrected chi connectivity index (χ3v) is 10.6. The first-order valence-electron chi connectivity index (χ1n) is 19.8. The van der Waals surface area contributed by atoms with E-state index in [1.165, 1.54) is 19.3 Å². The van der Waals surface area contributed by atoms with Gasteiger partial charge in [0.05, 0.1) is 18.8 Å². The van der Waals surface area contributed by atoms with Gasteiger partial charge in [-0.1, -0.05) is 55.7 Å². The van der Waals surface area contributed by atoms with Gasteiger partial charge in [-0.25, -0.2) is 14.4 Å². The lowest BCUT2D eigenvalue weighted by Crippen LogP contribution is -2.54. The Kier molecular flexibility index (Phi) is 14.5. The number of hydrogen-bond donors (Lipinski definition) is 3. The minimum Gasteiger partial charge on any atom is -0.464 e. The molecule has 0 bridgehead atoms. The molecule has 4 unspecified atom stereocenters. The van der Waals surface area contributed by atoms with E-state index in [-0.39, 0.29) is 45.3 Å². The minimum atomic E-state index is -1.10. The smallest absolute Gasteiger partial charge is 0.407 e. The first kappa shape index (κ1) is 40.1. The molecule has 2 aromatic carbocycles. The second kappa shape index (κ2) is 19.9. The maximum absolute atomic E-state index is 13.3. The molecule has 1 aliphatic carbocycles. The number of esters is 1. The summed E-state index contributed by atoms with van der Waals surface area (Å²) in [5.41, 5.74) is 1.72. The Labute approximate surface area is 322 Å². The molecule has 4 aliphatic rings. The van der Waals surface area contributed by atoms with E-state index in [1.54, 1.807) is 13.0 Å². The molecule has 14 nitrogen and oxygen atoms in total. The predicted molar refractivity (Wildman–Crippen MR) is 199 cm³/mol. The lowest BCUT2D eigenvalue weighted by molar-refractivity contribution is -0.329. The number of alkyl carbamates (subject to hydrolysis) is 2. The van der Waals surface area contributed by atoms with Gasteiger partial charge in [0, 0.05) is 45.2 Å². The average molecular weight is 766 g/mol. The standard InChI is InChI=1S/C41H55N3O11/c1-2-49-38(46)34(20-28-10-5-3-6-11-28)44-37(45)18-16-31-22-33(53-40(48)43-25-30-15-17-35-36(21-30)52-27-51-35)23-41(54-31)19-9-14-32(55-41)26-50-39(47)42-24-29-12-7-4-8-13-29/h3,5-6,10-11,15,17,21,29,31-34H,2,4,7-9,12-14,16,18-20,22-27H2,1H3,(H,42,47)(H,43,48)(H,44,45)/t31?,32?,33?,34-,41?/m0/s1. The van der Waals surface area contributed by atoms with Crippen molar-refractivity contribution in [2.24, 2.45) is 5.92 Å². The molecule has 3 amide bonds. The molecule has 3 fully saturated rings. The number of nitrogens with one attached hydrogen (secondary N) is 3. The quantitative estimate of drug-likeness (QED) is 0.147. The Morgan fingerprint density at radius 1 is 0.855 bits per heavy atom. The number of ether oxygens (including phenoxy) is 7. The molecule has 3 aliphatic heterocycles. The lowest BCUT2D eigenvalue weighted by Gasteiger charge is -2.47. The first-order chi connectivity index (χ1) is 26.8. The summed E-state index contributed by atoms with van der Waals surface area (Å²) in [5.74, 6) is -0.175. The summed E-state index contributed by atoms with van der Waals surface area (Å²) >= 11 is 0. The van der Waals surface area contributed by atoms with E-state index in [0.717, 1.165) is 30.4 Å². The number of amides is 3. The third-order valence-electron chi connectivity index (χ3n) is 10.6. The topological polar surface area (TPSA) is 169 Å². The molecule has 0 radical (unpaired) electrons. The van der Waals surface area contributed by atoms with Crippen LogP contribution in [0.2, 0.25) is 0 Å². The molecule has 2 saturated heterocycles. The van der Waals surface area contributed by atoms with Gasteiger partial charge >= 0.3 is 18.2 Å². The van der Waals surface area contributed by atoms with Gasteiger partial charge in [0.1, 0.15) is 18.8 Å². The van der Waals surface area contributed by atoms with Crippen LogP contribution in [0, 0.1) is 5.92 Å². The molecular formula is C41H55N3O11. The maximum atomic E-state index is 13.3. The van der Waals surface area contributed by atoms with Gasteiger partial charge in [0.15, 0.2) is 17.3 Å². The van der Waals surface area contributed by atoms with Gasteiger partial charge in [0.25, 0.3) is 0 Å². The van der Waals surface area contributed by atoms with E-state index < -0.39 is 48.3 Å². The van der Waals surface area contributed by atoms with Crippen molar-refractivity contribution in [2.75, 3.05) is 26.6 Å². The van der Waals surface area contributed by atoms with Crippen molar-refractivity contribution in [3.8, 4) is 11.5 Å². The van der Waals surface area contributed by atoms with Gasteiger partial charge in [-0.15, -0.1) is 0 Å². The van der Waals surface area contributed by atoms with E-state index in [1.807, 2.05) is 42.5 Å². The summed E-state index contributed by atoms with van der Waals surface area (Å²) in [6.45, 7) is 2.97. The highest BCUT2D eigenvalue weighted by Crippen LogP contribution is 2.41. The molecule has 0 aromatic heterocycles. The van der Waals surface area contributed by atoms with E-state index in [9.17, 15) is 19.2 Å². The molecule has 1 saturated carbocycles. The number of fused-ring (bicyclic) bond motifs is 1. The van der Waals surface area contributed by atoms with Gasteiger partial charge in [-0.2, -0.15) is 0 Å². The van der Waals surface area contributed by atoms with Crippen LogP contribution in [0.25, 0.3) is 0 Å². The molecule has 3 N–H and O–H groups in total. The van der Waals surface area contributed by atoms with Crippen LogP contribution in [0.5, 0.6) is 11.5 Å². The number of carbonyl (C=O) groups excluding carboxylic acids is 4. The highest BCUT2D eigenvalue weighted by Gasteiger charge is 2.47. The highest BCUT2D eigenvalue weighted by molar-refractivity contribution is 5.84. The molecule has 1 spiro atoms. The molecule has 6 rings (SSSR count). The molecule has 5 atom stereocenters. The normalized spacial score (nSPS) is 24.0. The Balaban J connectivity index is 1.06. The second-order valence-corrected chi connectivity index (χ2v) is 14.9. The summed E-state index contributed by atoms with van der Waals surface area (Å²) in [4.78, 5) is 51.8. The van der Waals surface area contributed by atoms with Gasteiger partial charge < -0.3 is 49.1 Å². The summed E-state index contributed by atoms with van der Waals surface area (Å²) in [6, 6.07) is 14.0. The first-order valence-corrected chi connectivity index (χ1v) is 19.8. The average Bonchev–Trinajstić information content (AvgIpc) is 3.66. The van der Waals surface area contributed by atoms with E-state index in [0.29, 0.717) is 56.1 Å². The fraction of sp³-hybridized carbons (Fsp3) is 0.610. The number of benzene rings is 2. The van der Waals surface area contributed by atoms with Crippen molar-refractivity contribution < 1.29 is 52.3 Å². The maximum Gasteiger partial charge on any atom is 0.407 e. The zero-order valence-electron chi connectivity index (χ0n) is 31.7. The van der Waals surface area contributed by atoms with Crippen LogP contribution in [0.15, 0.2) is 48.5 Å². The largest absolute Gasteiger partial charge is 0.464 e. The van der Waals surface area contributed by atoms with Crippen molar-refractivity contribution in [3.63, 3.8) is 0 Å². The number of carbonyl (C=O) groups is 4. The summed E-state index contributed by atoms with van der Waals surface area (Å²) in [5, 5.41) is 8.58. The fourth-order valence-electron chi connectivity index (χ4n) is 7.87. The lowest BCUT2D eigenvalue weighted by atomic mass is 9.89. The minimum absolute atomic E-state index is 0.0577. The highest BCUT2D eigenvalue weighted by atomic mass is 16.7. The molecule has 55 heavy (non-hydrogen) atoms. The molecular weight excluding hydrogens is 710 g/mol. The number of rotatable bonds is 15. The predicted octanol–water partition coefficient (Wildman–Crippen LogP) is 5.83. The van der Waals surface area contributed by atoms with Gasteiger partial charge in [-0.3, -0.25) is 4.79 Å². The van der Waals surface area contributed by atoms with Crippen LogP contribution in [-0.4, -0.2) is 80.8 Å². The second-order valence-electron chi connectivity index (χ2n) is 14.9. The van der Waals surface area contributed by atoms with Crippen molar-refractivity contribution in [1.82, 2.24) is 16.0 Å². The van der Waals surface area contributed by atoms with Crippen LogP contribution in [0.4, 0.5) is 9.59 Å². The fourth-order valence-corrected chi connectivity index (χ4v) is 7.87. The Bertz CT molecular complexity index is 1590. The Morgan fingerprint density at radius 3 is 2.47 bits per heavy atom. The molecule has 300 valence electrons. The van der Waals surface area contributed by atoms with Crippen molar-refractivity contribution in [3.05, 3.63) is 59.7 Å². The monoisotopic (exact) mass is 765 g/mol. The summed E-state index contributed by atoms with van der Waals surface area (Å²) < 4.78 is 40.8. The van der Waals surface area contributed by atoms with E-state index in [4.69, 9.17) is 33.2 Å².